The number of nitrogen functional groups attached to an aromatic ring is 1. The van der Waals surface area contributed by atoms with E-state index in [0.29, 0.717) is 17.3 Å². The second kappa shape index (κ2) is 5.13. The van der Waals surface area contributed by atoms with E-state index in [-0.39, 0.29) is 0 Å². The summed E-state index contributed by atoms with van der Waals surface area (Å²) >= 11 is 3.45. The Morgan fingerprint density at radius 2 is 1.90 bits per heavy atom. The number of aryl methyl sites for hydroxylation is 1. The summed E-state index contributed by atoms with van der Waals surface area (Å²) in [5, 5.41) is 1.09. The van der Waals surface area contributed by atoms with Crippen LogP contribution in [0.2, 0.25) is 0 Å². The molecule has 0 fully saturated rings. The van der Waals surface area contributed by atoms with Crippen molar-refractivity contribution in [1.82, 2.24) is 4.98 Å². The summed E-state index contributed by atoms with van der Waals surface area (Å²) in [6, 6.07) is 15.6. The lowest BCUT2D eigenvalue weighted by Crippen LogP contribution is -1.96. The third-order valence-corrected chi connectivity index (χ3v) is 3.69. The Morgan fingerprint density at radius 1 is 1.10 bits per heavy atom. The minimum Gasteiger partial charge on any atom is -0.435 e. The average molecular weight is 329 g/mol. The van der Waals surface area contributed by atoms with Gasteiger partial charge in [-0.05, 0) is 47.1 Å². The van der Waals surface area contributed by atoms with Crippen molar-refractivity contribution in [3.05, 3.63) is 58.6 Å². The highest BCUT2D eigenvalue weighted by atomic mass is 79.9. The van der Waals surface area contributed by atoms with Crippen molar-refractivity contribution >= 4 is 32.5 Å². The smallest absolute Gasteiger partial charge is 0.222 e. The number of benzene rings is 2. The van der Waals surface area contributed by atoms with Gasteiger partial charge in [0.25, 0.3) is 0 Å². The second-order valence-corrected chi connectivity index (χ2v) is 5.42. The molecule has 0 unspecified atom stereocenters. The van der Waals surface area contributed by atoms with Gasteiger partial charge in [0, 0.05) is 10.9 Å². The van der Waals surface area contributed by atoms with Crippen LogP contribution in [0.1, 0.15) is 5.56 Å². The molecule has 0 atom stereocenters. The third kappa shape index (κ3) is 2.34. The Bertz CT molecular complexity index is 766. The summed E-state index contributed by atoms with van der Waals surface area (Å²) < 4.78 is 6.71. The van der Waals surface area contributed by atoms with Crippen LogP contribution in [0.25, 0.3) is 10.9 Å². The molecular formula is C16H13BrN2O. The van der Waals surface area contributed by atoms with Gasteiger partial charge in [-0.2, -0.15) is 0 Å². The molecule has 20 heavy (non-hydrogen) atoms. The molecule has 2 N–H and O–H groups in total. The Morgan fingerprint density at radius 3 is 2.70 bits per heavy atom. The maximum absolute atomic E-state index is 5.95. The van der Waals surface area contributed by atoms with Gasteiger partial charge >= 0.3 is 0 Å². The number of nitrogens with zero attached hydrogens (tertiary/aromatic N) is 1. The van der Waals surface area contributed by atoms with Crippen LogP contribution < -0.4 is 10.5 Å². The number of rotatable bonds is 2. The number of pyridine rings is 1. The summed E-state index contributed by atoms with van der Waals surface area (Å²) in [6.45, 7) is 1.97. The zero-order chi connectivity index (χ0) is 14.1. The van der Waals surface area contributed by atoms with Gasteiger partial charge in [-0.1, -0.05) is 24.3 Å². The van der Waals surface area contributed by atoms with Gasteiger partial charge in [-0.25, -0.2) is 4.98 Å². The van der Waals surface area contributed by atoms with E-state index < -0.39 is 0 Å². The molecule has 0 bridgehead atoms. The van der Waals surface area contributed by atoms with Gasteiger partial charge in [-0.3, -0.25) is 0 Å². The van der Waals surface area contributed by atoms with Crippen molar-refractivity contribution in [2.24, 2.45) is 0 Å². The molecule has 0 spiro atoms. The molecule has 100 valence electrons. The molecule has 0 aliphatic carbocycles. The summed E-state index contributed by atoms with van der Waals surface area (Å²) in [4.78, 5) is 4.55. The largest absolute Gasteiger partial charge is 0.435 e. The summed E-state index contributed by atoms with van der Waals surface area (Å²) in [5.74, 6) is 1.17. The number of anilines is 1. The first-order valence-corrected chi connectivity index (χ1v) is 7.02. The lowest BCUT2D eigenvalue weighted by Gasteiger charge is -2.12. The molecule has 0 aliphatic rings. The van der Waals surface area contributed by atoms with Crippen molar-refractivity contribution in [2.75, 3.05) is 5.73 Å². The van der Waals surface area contributed by atoms with Gasteiger partial charge < -0.3 is 10.5 Å². The van der Waals surface area contributed by atoms with Crippen LogP contribution in [0.3, 0.4) is 0 Å². The highest BCUT2D eigenvalue weighted by Gasteiger charge is 2.10. The molecule has 3 rings (SSSR count). The van der Waals surface area contributed by atoms with E-state index in [1.165, 1.54) is 0 Å². The molecule has 0 saturated heterocycles. The average Bonchev–Trinajstić information content (AvgIpc) is 2.43. The third-order valence-electron chi connectivity index (χ3n) is 3.06. The summed E-state index contributed by atoms with van der Waals surface area (Å²) in [7, 11) is 0. The first kappa shape index (κ1) is 12.9. The van der Waals surface area contributed by atoms with Gasteiger partial charge in [0.2, 0.25) is 5.88 Å². The minimum atomic E-state index is 0.572. The molecule has 1 heterocycles. The van der Waals surface area contributed by atoms with E-state index in [2.05, 4.69) is 27.0 Å². The van der Waals surface area contributed by atoms with Crippen LogP contribution in [0.4, 0.5) is 5.69 Å². The fraction of sp³-hybridized carbons (Fsp3) is 0.0625. The number of ether oxygens (including phenoxy) is 1. The highest BCUT2D eigenvalue weighted by Crippen LogP contribution is 2.35. The quantitative estimate of drug-likeness (QED) is 0.695. The van der Waals surface area contributed by atoms with Gasteiger partial charge in [-0.15, -0.1) is 0 Å². The van der Waals surface area contributed by atoms with E-state index >= 15 is 0 Å². The number of nitrogens with two attached hydrogens (primary N) is 1. The van der Waals surface area contributed by atoms with Crippen LogP contribution in [-0.4, -0.2) is 4.98 Å². The number of hydrogen-bond acceptors (Lipinski definition) is 3. The maximum Gasteiger partial charge on any atom is 0.222 e. The van der Waals surface area contributed by atoms with Gasteiger partial charge in [0.15, 0.2) is 5.75 Å². The summed E-state index contributed by atoms with van der Waals surface area (Å²) in [6.07, 6.45) is 0. The Hall–Kier alpha value is -2.07. The van der Waals surface area contributed by atoms with Crippen LogP contribution in [0.5, 0.6) is 11.6 Å². The molecule has 0 saturated carbocycles. The predicted octanol–water partition coefficient (Wildman–Crippen LogP) is 4.68. The van der Waals surface area contributed by atoms with Crippen LogP contribution >= 0.6 is 15.9 Å². The van der Waals surface area contributed by atoms with Crippen LogP contribution in [0.15, 0.2) is 53.0 Å². The lowest BCUT2D eigenvalue weighted by molar-refractivity contribution is 0.460. The van der Waals surface area contributed by atoms with Crippen LogP contribution in [0, 0.1) is 6.92 Å². The van der Waals surface area contributed by atoms with Crippen molar-refractivity contribution in [1.29, 1.82) is 0 Å². The Balaban J connectivity index is 2.09. The van der Waals surface area contributed by atoms with E-state index in [0.717, 1.165) is 20.9 Å². The molecule has 4 heteroatoms. The molecule has 3 nitrogen and oxygen atoms in total. The van der Waals surface area contributed by atoms with Crippen molar-refractivity contribution < 1.29 is 4.74 Å². The highest BCUT2D eigenvalue weighted by molar-refractivity contribution is 9.10. The first-order chi connectivity index (χ1) is 9.65. The fourth-order valence-electron chi connectivity index (χ4n) is 2.04. The molecule has 1 aromatic heterocycles. The van der Waals surface area contributed by atoms with Gasteiger partial charge in [0.05, 0.1) is 15.7 Å². The molecule has 0 radical (unpaired) electrons. The van der Waals surface area contributed by atoms with Crippen molar-refractivity contribution in [3.8, 4) is 11.6 Å². The maximum atomic E-state index is 5.95. The SMILES string of the molecule is Cc1cc2ccccc2nc1Oc1c(N)cccc1Br. The van der Waals surface area contributed by atoms with Crippen molar-refractivity contribution in [3.63, 3.8) is 0 Å². The van der Waals surface area contributed by atoms with Gasteiger partial charge in [0.1, 0.15) is 0 Å². The topological polar surface area (TPSA) is 48.1 Å². The molecule has 3 aromatic rings. The predicted molar refractivity (Wildman–Crippen MR) is 85.1 cm³/mol. The number of aromatic nitrogens is 1. The normalized spacial score (nSPS) is 10.7. The minimum absolute atomic E-state index is 0.572. The first-order valence-electron chi connectivity index (χ1n) is 6.23. The fourth-order valence-corrected chi connectivity index (χ4v) is 2.50. The van der Waals surface area contributed by atoms with Crippen LogP contribution in [-0.2, 0) is 0 Å². The second-order valence-electron chi connectivity index (χ2n) is 4.56. The molecule has 2 aromatic carbocycles. The van der Waals surface area contributed by atoms with E-state index in [1.54, 1.807) is 6.07 Å². The zero-order valence-corrected chi connectivity index (χ0v) is 12.5. The van der Waals surface area contributed by atoms with Crippen molar-refractivity contribution in [2.45, 2.75) is 6.92 Å². The van der Waals surface area contributed by atoms with E-state index in [1.807, 2.05) is 43.3 Å². The Kier molecular flexibility index (Phi) is 3.32. The zero-order valence-electron chi connectivity index (χ0n) is 10.9. The number of para-hydroxylation sites is 2. The molecule has 0 amide bonds. The standard InChI is InChI=1S/C16H13BrN2O/c1-10-9-11-5-2-3-8-14(11)19-16(10)20-15-12(17)6-4-7-13(15)18/h2-9H,18H2,1H3. The lowest BCUT2D eigenvalue weighted by atomic mass is 10.2. The number of halogens is 1. The Labute approximate surface area is 125 Å². The summed E-state index contributed by atoms with van der Waals surface area (Å²) in [5.41, 5.74) is 8.40. The van der Waals surface area contributed by atoms with E-state index in [4.69, 9.17) is 10.5 Å². The number of fused-ring (bicyclic) bond motifs is 1. The molecule has 0 aliphatic heterocycles. The monoisotopic (exact) mass is 328 g/mol. The van der Waals surface area contributed by atoms with E-state index in [9.17, 15) is 0 Å². The molecular weight excluding hydrogens is 316 g/mol. The number of hydrogen-bond donors (Lipinski definition) is 1.